The van der Waals surface area contributed by atoms with Crippen LogP contribution in [0.25, 0.3) is 10.2 Å². The molecule has 1 aromatic carbocycles. The summed E-state index contributed by atoms with van der Waals surface area (Å²) in [5.41, 5.74) is 3.59. The number of nitrogens with zero attached hydrogens (tertiary/aromatic N) is 4. The van der Waals surface area contributed by atoms with E-state index in [9.17, 15) is 4.79 Å². The maximum absolute atomic E-state index is 13.0. The van der Waals surface area contributed by atoms with E-state index in [1.807, 2.05) is 36.9 Å². The molecule has 0 spiro atoms. The Morgan fingerprint density at radius 3 is 2.97 bits per heavy atom. The largest absolute Gasteiger partial charge is 0.485 e. The number of carbonyl (C=O) groups excluding carboxylic acids is 1. The molecule has 8 heteroatoms. The molecule has 0 radical (unpaired) electrons. The van der Waals surface area contributed by atoms with E-state index in [0.29, 0.717) is 23.7 Å². The van der Waals surface area contributed by atoms with E-state index < -0.39 is 0 Å². The van der Waals surface area contributed by atoms with Gasteiger partial charge in [-0.2, -0.15) is 0 Å². The Kier molecular flexibility index (Phi) is 4.58. The fraction of sp³-hybridized carbons (Fsp3) is 0.318. The number of aromatic nitrogens is 3. The van der Waals surface area contributed by atoms with Gasteiger partial charge in [0.1, 0.15) is 12.4 Å². The van der Waals surface area contributed by atoms with Gasteiger partial charge in [0, 0.05) is 36.6 Å². The lowest BCUT2D eigenvalue weighted by Gasteiger charge is -2.34. The van der Waals surface area contributed by atoms with E-state index in [-0.39, 0.29) is 18.6 Å². The predicted octanol–water partition coefficient (Wildman–Crippen LogP) is 4.50. The molecule has 0 bridgehead atoms. The van der Waals surface area contributed by atoms with Crippen molar-refractivity contribution in [3.63, 3.8) is 0 Å². The first-order valence-electron chi connectivity index (χ1n) is 9.92. The molecule has 1 atom stereocenters. The van der Waals surface area contributed by atoms with Crippen LogP contribution >= 0.6 is 11.3 Å². The number of amides is 1. The van der Waals surface area contributed by atoms with Crippen LogP contribution in [0.3, 0.4) is 0 Å². The van der Waals surface area contributed by atoms with Crippen molar-refractivity contribution >= 4 is 27.5 Å². The van der Waals surface area contributed by atoms with E-state index in [1.54, 1.807) is 17.4 Å². The van der Waals surface area contributed by atoms with Crippen LogP contribution in [0.15, 0.2) is 40.9 Å². The minimum Gasteiger partial charge on any atom is -0.485 e. The number of benzene rings is 1. The number of carbonyl (C=O) groups is 1. The maximum Gasteiger partial charge on any atom is 0.276 e. The number of rotatable bonds is 4. The zero-order valence-corrected chi connectivity index (χ0v) is 17.9. The monoisotopic (exact) mass is 422 g/mol. The quantitative estimate of drug-likeness (QED) is 0.484. The molecule has 1 amide bonds. The van der Waals surface area contributed by atoms with Crippen molar-refractivity contribution in [2.45, 2.75) is 40.0 Å². The highest BCUT2D eigenvalue weighted by atomic mass is 32.1. The average molecular weight is 423 g/mol. The molecule has 0 saturated carbocycles. The molecule has 7 nitrogen and oxygen atoms in total. The second-order valence-corrected chi connectivity index (χ2v) is 8.79. The summed E-state index contributed by atoms with van der Waals surface area (Å²) < 4.78 is 14.6. The molecule has 1 unspecified atom stereocenters. The fourth-order valence-electron chi connectivity index (χ4n) is 3.99. The van der Waals surface area contributed by atoms with Crippen LogP contribution in [-0.4, -0.2) is 32.1 Å². The highest BCUT2D eigenvalue weighted by Gasteiger charge is 2.30. The molecule has 0 fully saturated rings. The van der Waals surface area contributed by atoms with Crippen molar-refractivity contribution in [1.82, 2.24) is 19.6 Å². The summed E-state index contributed by atoms with van der Waals surface area (Å²) in [6.07, 6.45) is 0. The van der Waals surface area contributed by atoms with Crippen LogP contribution in [0.2, 0.25) is 0 Å². The van der Waals surface area contributed by atoms with Crippen molar-refractivity contribution in [1.29, 1.82) is 0 Å². The van der Waals surface area contributed by atoms with E-state index >= 15 is 0 Å². The minimum atomic E-state index is -0.123. The highest BCUT2D eigenvalue weighted by Crippen LogP contribution is 2.29. The van der Waals surface area contributed by atoms with E-state index in [2.05, 4.69) is 33.8 Å². The van der Waals surface area contributed by atoms with Crippen LogP contribution in [-0.2, 0) is 13.2 Å². The summed E-state index contributed by atoms with van der Waals surface area (Å²) in [5, 5.41) is 5.01. The number of aryl methyl sites for hydroxylation is 2. The Labute approximate surface area is 177 Å². The standard InChI is InChI=1S/C22H22N4O3S/c1-13-4-6-20-14(2)26(9-8-25(13)20)22(27)19-11-17(29-24-19)12-28-16-5-7-21-18(10-16)23-15(3)30-21/h4-7,10-11,14H,8-9,12H2,1-3H3. The normalized spacial score (nSPS) is 16.1. The fourth-order valence-corrected chi connectivity index (χ4v) is 4.80. The first-order valence-corrected chi connectivity index (χ1v) is 10.7. The average Bonchev–Trinajstić information content (AvgIpc) is 3.44. The molecule has 5 rings (SSSR count). The molecule has 0 N–H and O–H groups in total. The third kappa shape index (κ3) is 3.27. The molecule has 4 heterocycles. The van der Waals surface area contributed by atoms with Crippen LogP contribution in [0.1, 0.15) is 45.6 Å². The van der Waals surface area contributed by atoms with Crippen molar-refractivity contribution in [3.8, 4) is 5.75 Å². The van der Waals surface area contributed by atoms with Gasteiger partial charge in [0.05, 0.1) is 21.3 Å². The smallest absolute Gasteiger partial charge is 0.276 e. The van der Waals surface area contributed by atoms with Gasteiger partial charge in [-0.3, -0.25) is 4.79 Å². The first kappa shape index (κ1) is 18.9. The highest BCUT2D eigenvalue weighted by molar-refractivity contribution is 7.18. The number of hydrogen-bond acceptors (Lipinski definition) is 6. The van der Waals surface area contributed by atoms with Crippen LogP contribution in [0.4, 0.5) is 0 Å². The Bertz CT molecular complexity index is 1240. The number of ether oxygens (including phenoxy) is 1. The summed E-state index contributed by atoms with van der Waals surface area (Å²) in [7, 11) is 0. The molecule has 1 aliphatic rings. The minimum absolute atomic E-state index is 0.00959. The Hall–Kier alpha value is -3.13. The Morgan fingerprint density at radius 2 is 2.10 bits per heavy atom. The van der Waals surface area contributed by atoms with Gasteiger partial charge in [-0.25, -0.2) is 4.98 Å². The van der Waals surface area contributed by atoms with Gasteiger partial charge >= 0.3 is 0 Å². The van der Waals surface area contributed by atoms with Crippen LogP contribution in [0, 0.1) is 13.8 Å². The molecule has 0 aliphatic carbocycles. The molecule has 4 aromatic rings. The van der Waals surface area contributed by atoms with Crippen molar-refractivity contribution in [2.75, 3.05) is 6.54 Å². The zero-order chi connectivity index (χ0) is 20.8. The first-order chi connectivity index (χ1) is 14.5. The summed E-state index contributed by atoms with van der Waals surface area (Å²) in [4.78, 5) is 19.3. The second kappa shape index (κ2) is 7.28. The van der Waals surface area contributed by atoms with Gasteiger partial charge in [0.15, 0.2) is 11.5 Å². The topological polar surface area (TPSA) is 73.4 Å². The Morgan fingerprint density at radius 1 is 1.23 bits per heavy atom. The number of hydrogen-bond donors (Lipinski definition) is 0. The van der Waals surface area contributed by atoms with Crippen molar-refractivity contribution in [3.05, 3.63) is 64.2 Å². The summed E-state index contributed by atoms with van der Waals surface area (Å²) in [5.74, 6) is 1.09. The van der Waals surface area contributed by atoms with E-state index in [4.69, 9.17) is 9.26 Å². The van der Waals surface area contributed by atoms with Gasteiger partial charge in [0.25, 0.3) is 5.91 Å². The number of fused-ring (bicyclic) bond motifs is 2. The Balaban J connectivity index is 1.27. The van der Waals surface area contributed by atoms with Gasteiger partial charge in [0.2, 0.25) is 0 Å². The lowest BCUT2D eigenvalue weighted by atomic mass is 10.1. The van der Waals surface area contributed by atoms with Gasteiger partial charge in [-0.1, -0.05) is 5.16 Å². The lowest BCUT2D eigenvalue weighted by Crippen LogP contribution is -2.41. The second-order valence-electron chi connectivity index (χ2n) is 7.56. The molecule has 154 valence electrons. The SMILES string of the molecule is Cc1nc2cc(OCc3cc(C(=O)N4CCn5c(C)ccc5C4C)no3)ccc2s1. The zero-order valence-electron chi connectivity index (χ0n) is 17.1. The molecule has 1 aliphatic heterocycles. The van der Waals surface area contributed by atoms with Crippen LogP contribution < -0.4 is 4.74 Å². The maximum atomic E-state index is 13.0. The van der Waals surface area contributed by atoms with Crippen molar-refractivity contribution in [2.24, 2.45) is 0 Å². The summed E-state index contributed by atoms with van der Waals surface area (Å²) in [6, 6.07) is 11.7. The van der Waals surface area contributed by atoms with Crippen molar-refractivity contribution < 1.29 is 14.1 Å². The molecular formula is C22H22N4O3S. The van der Waals surface area contributed by atoms with Gasteiger partial charge in [-0.15, -0.1) is 11.3 Å². The molecule has 30 heavy (non-hydrogen) atoms. The molecule has 3 aromatic heterocycles. The molecule has 0 saturated heterocycles. The van der Waals surface area contributed by atoms with E-state index in [0.717, 1.165) is 27.5 Å². The summed E-state index contributed by atoms with van der Waals surface area (Å²) >= 11 is 1.65. The van der Waals surface area contributed by atoms with Gasteiger partial charge in [-0.05, 0) is 45.0 Å². The van der Waals surface area contributed by atoms with E-state index in [1.165, 1.54) is 5.69 Å². The predicted molar refractivity (Wildman–Crippen MR) is 114 cm³/mol. The third-order valence-corrected chi connectivity index (χ3v) is 6.53. The number of thiazole rings is 1. The van der Waals surface area contributed by atoms with Crippen LogP contribution in [0.5, 0.6) is 5.75 Å². The summed E-state index contributed by atoms with van der Waals surface area (Å²) in [6.45, 7) is 7.76. The third-order valence-electron chi connectivity index (χ3n) is 5.58. The molecular weight excluding hydrogens is 400 g/mol. The lowest BCUT2D eigenvalue weighted by molar-refractivity contribution is 0.0632. The van der Waals surface area contributed by atoms with Gasteiger partial charge < -0.3 is 18.7 Å².